The Labute approximate surface area is 146 Å². The molecule has 0 fully saturated rings. The van der Waals surface area contributed by atoms with Crippen LogP contribution >= 0.6 is 0 Å². The third-order valence-corrected chi connectivity index (χ3v) is 4.57. The number of hydrogen-bond donors (Lipinski definition) is 1. The van der Waals surface area contributed by atoms with Gasteiger partial charge in [-0.25, -0.2) is 0 Å². The molecule has 0 aliphatic heterocycles. The molecule has 0 bridgehead atoms. The zero-order valence-electron chi connectivity index (χ0n) is 14.0. The predicted octanol–water partition coefficient (Wildman–Crippen LogP) is 5.47. The molecule has 124 valence electrons. The topological polar surface area (TPSA) is 42.2 Å². The molecule has 1 aromatic heterocycles. The molecule has 3 heteroatoms. The minimum absolute atomic E-state index is 0.0290. The average molecular weight is 329 g/mol. The van der Waals surface area contributed by atoms with Crippen molar-refractivity contribution in [2.75, 3.05) is 0 Å². The smallest absolute Gasteiger partial charge is 0.287 e. The third kappa shape index (κ3) is 2.89. The first-order valence-electron chi connectivity index (χ1n) is 8.53. The molecule has 1 unspecified atom stereocenters. The summed E-state index contributed by atoms with van der Waals surface area (Å²) in [5, 5.41) is 6.28. The molecule has 1 atom stereocenters. The van der Waals surface area contributed by atoms with Gasteiger partial charge in [0, 0.05) is 5.39 Å². The van der Waals surface area contributed by atoms with E-state index in [2.05, 4.69) is 18.3 Å². The number of nitrogens with one attached hydrogen (secondary N) is 1. The molecule has 0 aliphatic rings. The molecule has 3 aromatic carbocycles. The number of amides is 1. The Morgan fingerprint density at radius 3 is 2.52 bits per heavy atom. The van der Waals surface area contributed by atoms with Crippen molar-refractivity contribution in [2.24, 2.45) is 0 Å². The molecule has 1 N–H and O–H groups in total. The fourth-order valence-corrected chi connectivity index (χ4v) is 3.24. The molecule has 1 amide bonds. The van der Waals surface area contributed by atoms with Crippen molar-refractivity contribution in [3.8, 4) is 0 Å². The Bertz CT molecular complexity index is 1030. The summed E-state index contributed by atoms with van der Waals surface area (Å²) in [4.78, 5) is 12.7. The number of carbonyl (C=O) groups is 1. The second kappa shape index (κ2) is 6.44. The monoisotopic (exact) mass is 329 g/mol. The van der Waals surface area contributed by atoms with Crippen molar-refractivity contribution in [3.05, 3.63) is 84.1 Å². The molecular weight excluding hydrogens is 310 g/mol. The summed E-state index contributed by atoms with van der Waals surface area (Å²) in [5.41, 5.74) is 1.83. The summed E-state index contributed by atoms with van der Waals surface area (Å²) in [6, 6.07) is 23.9. The maximum absolute atomic E-state index is 12.7. The lowest BCUT2D eigenvalue weighted by Crippen LogP contribution is -2.27. The van der Waals surface area contributed by atoms with Crippen LogP contribution in [-0.4, -0.2) is 5.91 Å². The van der Waals surface area contributed by atoms with E-state index < -0.39 is 0 Å². The van der Waals surface area contributed by atoms with Gasteiger partial charge in [-0.2, -0.15) is 0 Å². The largest absolute Gasteiger partial charge is 0.451 e. The van der Waals surface area contributed by atoms with Crippen molar-refractivity contribution in [2.45, 2.75) is 19.4 Å². The number of benzene rings is 3. The minimum atomic E-state index is -0.184. The standard InChI is InChI=1S/C22H19NO2/c1-2-19(16-9-4-3-5-10-16)23-22(24)21-14-18-17-11-7-6-8-15(17)12-13-20(18)25-21/h3-14,19H,2H2,1H3,(H,23,24). The van der Waals surface area contributed by atoms with E-state index in [0.29, 0.717) is 5.76 Å². The van der Waals surface area contributed by atoms with E-state index >= 15 is 0 Å². The van der Waals surface area contributed by atoms with Crippen molar-refractivity contribution in [1.82, 2.24) is 5.32 Å². The van der Waals surface area contributed by atoms with Crippen LogP contribution in [0.15, 0.2) is 77.2 Å². The van der Waals surface area contributed by atoms with E-state index in [1.165, 1.54) is 0 Å². The number of furan rings is 1. The van der Waals surface area contributed by atoms with E-state index in [1.54, 1.807) is 0 Å². The normalized spacial score (nSPS) is 12.4. The highest BCUT2D eigenvalue weighted by Crippen LogP contribution is 2.28. The highest BCUT2D eigenvalue weighted by Gasteiger charge is 2.18. The summed E-state index contributed by atoms with van der Waals surface area (Å²) in [5.74, 6) is 0.164. The van der Waals surface area contributed by atoms with Crippen molar-refractivity contribution < 1.29 is 9.21 Å². The summed E-state index contributed by atoms with van der Waals surface area (Å²) in [7, 11) is 0. The maximum Gasteiger partial charge on any atom is 0.287 e. The van der Waals surface area contributed by atoms with E-state index in [-0.39, 0.29) is 11.9 Å². The Morgan fingerprint density at radius 2 is 1.72 bits per heavy atom. The van der Waals surface area contributed by atoms with Crippen LogP contribution in [-0.2, 0) is 0 Å². The minimum Gasteiger partial charge on any atom is -0.451 e. The van der Waals surface area contributed by atoms with Crippen molar-refractivity contribution in [1.29, 1.82) is 0 Å². The number of carbonyl (C=O) groups excluding carboxylic acids is 1. The van der Waals surface area contributed by atoms with Crippen LogP contribution in [0.2, 0.25) is 0 Å². The lowest BCUT2D eigenvalue weighted by molar-refractivity contribution is 0.0909. The van der Waals surface area contributed by atoms with E-state index in [0.717, 1.165) is 33.7 Å². The first kappa shape index (κ1) is 15.5. The second-order valence-corrected chi connectivity index (χ2v) is 6.15. The van der Waals surface area contributed by atoms with Gasteiger partial charge in [0.2, 0.25) is 0 Å². The van der Waals surface area contributed by atoms with Crippen LogP contribution in [0, 0.1) is 0 Å². The number of hydrogen-bond acceptors (Lipinski definition) is 2. The zero-order valence-corrected chi connectivity index (χ0v) is 14.0. The second-order valence-electron chi connectivity index (χ2n) is 6.15. The van der Waals surface area contributed by atoms with Crippen LogP contribution in [0.5, 0.6) is 0 Å². The Morgan fingerprint density at radius 1 is 0.960 bits per heavy atom. The molecule has 4 rings (SSSR count). The quantitative estimate of drug-likeness (QED) is 0.539. The summed E-state index contributed by atoms with van der Waals surface area (Å²) in [6.07, 6.45) is 0.818. The molecular formula is C22H19NO2. The van der Waals surface area contributed by atoms with Crippen molar-refractivity contribution >= 4 is 27.6 Å². The molecule has 0 aliphatic carbocycles. The van der Waals surface area contributed by atoms with E-state index in [9.17, 15) is 4.79 Å². The summed E-state index contributed by atoms with van der Waals surface area (Å²) < 4.78 is 5.81. The Balaban J connectivity index is 1.67. The summed E-state index contributed by atoms with van der Waals surface area (Å²) >= 11 is 0. The molecule has 0 radical (unpaired) electrons. The van der Waals surface area contributed by atoms with Crippen LogP contribution in [0.1, 0.15) is 35.5 Å². The fraction of sp³-hybridized carbons (Fsp3) is 0.136. The van der Waals surface area contributed by atoms with E-state index in [4.69, 9.17) is 4.42 Å². The highest BCUT2D eigenvalue weighted by atomic mass is 16.3. The first-order valence-corrected chi connectivity index (χ1v) is 8.53. The highest BCUT2D eigenvalue weighted by molar-refractivity contribution is 6.08. The van der Waals surface area contributed by atoms with Gasteiger partial charge in [0.05, 0.1) is 6.04 Å². The van der Waals surface area contributed by atoms with E-state index in [1.807, 2.05) is 66.7 Å². The predicted molar refractivity (Wildman–Crippen MR) is 101 cm³/mol. The van der Waals surface area contributed by atoms with Gasteiger partial charge in [-0.3, -0.25) is 4.79 Å². The van der Waals surface area contributed by atoms with Crippen LogP contribution in [0.25, 0.3) is 21.7 Å². The molecule has 3 nitrogen and oxygen atoms in total. The van der Waals surface area contributed by atoms with Gasteiger partial charge >= 0.3 is 0 Å². The third-order valence-electron chi connectivity index (χ3n) is 4.57. The molecule has 0 saturated carbocycles. The SMILES string of the molecule is CCC(NC(=O)c1cc2c(ccc3ccccc32)o1)c1ccccc1. The van der Waals surface area contributed by atoms with Crippen LogP contribution in [0.3, 0.4) is 0 Å². The molecule has 0 saturated heterocycles. The molecule has 0 spiro atoms. The fourth-order valence-electron chi connectivity index (χ4n) is 3.24. The molecule has 1 heterocycles. The van der Waals surface area contributed by atoms with Gasteiger partial charge in [0.15, 0.2) is 5.76 Å². The van der Waals surface area contributed by atoms with Crippen LogP contribution < -0.4 is 5.32 Å². The Hall–Kier alpha value is -3.07. The van der Waals surface area contributed by atoms with Gasteiger partial charge in [-0.15, -0.1) is 0 Å². The van der Waals surface area contributed by atoms with Gasteiger partial charge in [-0.1, -0.05) is 67.6 Å². The van der Waals surface area contributed by atoms with Gasteiger partial charge in [0.1, 0.15) is 5.58 Å². The number of rotatable bonds is 4. The summed E-state index contributed by atoms with van der Waals surface area (Å²) in [6.45, 7) is 2.06. The van der Waals surface area contributed by atoms with Gasteiger partial charge in [0.25, 0.3) is 5.91 Å². The number of fused-ring (bicyclic) bond motifs is 3. The molecule has 4 aromatic rings. The zero-order chi connectivity index (χ0) is 17.2. The molecule has 25 heavy (non-hydrogen) atoms. The maximum atomic E-state index is 12.7. The van der Waals surface area contributed by atoms with Gasteiger partial charge in [-0.05, 0) is 34.9 Å². The van der Waals surface area contributed by atoms with Crippen LogP contribution in [0.4, 0.5) is 0 Å². The Kier molecular flexibility index (Phi) is 3.98. The van der Waals surface area contributed by atoms with Crippen molar-refractivity contribution in [3.63, 3.8) is 0 Å². The average Bonchev–Trinajstić information content (AvgIpc) is 3.11. The van der Waals surface area contributed by atoms with Gasteiger partial charge < -0.3 is 9.73 Å². The lowest BCUT2D eigenvalue weighted by Gasteiger charge is -2.16. The lowest BCUT2D eigenvalue weighted by atomic mass is 10.0. The first-order chi connectivity index (χ1) is 12.3.